The number of hydrogen-bond donors (Lipinski definition) is 0. The van der Waals surface area contributed by atoms with E-state index in [2.05, 4.69) is 53.8 Å². The summed E-state index contributed by atoms with van der Waals surface area (Å²) in [5.41, 5.74) is 3.11. The Kier molecular flexibility index (Phi) is 6.25. The van der Waals surface area contributed by atoms with Crippen molar-refractivity contribution in [3.05, 3.63) is 24.2 Å². The molecule has 2 aromatic heterocycles. The highest BCUT2D eigenvalue weighted by molar-refractivity contribution is 5.61. The highest BCUT2D eigenvalue weighted by Gasteiger charge is 2.18. The highest BCUT2D eigenvalue weighted by Crippen LogP contribution is 2.22. The lowest BCUT2D eigenvalue weighted by Gasteiger charge is -2.23. The Morgan fingerprint density at radius 2 is 2.00 bits per heavy atom. The van der Waals surface area contributed by atoms with Gasteiger partial charge in [-0.15, -0.1) is 0 Å². The van der Waals surface area contributed by atoms with E-state index < -0.39 is 0 Å². The maximum atomic E-state index is 4.87. The summed E-state index contributed by atoms with van der Waals surface area (Å²) in [6, 6.07) is 1.99. The molecule has 0 radical (unpaired) electrons. The molecule has 0 N–H and O–H groups in total. The van der Waals surface area contributed by atoms with Gasteiger partial charge in [0.05, 0.1) is 11.4 Å². The van der Waals surface area contributed by atoms with Crippen LogP contribution in [0.2, 0.25) is 0 Å². The highest BCUT2D eigenvalue weighted by atomic mass is 15.3. The largest absolute Gasteiger partial charge is 0.339 e. The van der Waals surface area contributed by atoms with Crippen LogP contribution in [0.5, 0.6) is 0 Å². The molecule has 0 atom stereocenters. The number of nitrogens with zero attached hydrogens (tertiary/aromatic N) is 6. The van der Waals surface area contributed by atoms with Gasteiger partial charge < -0.3 is 9.80 Å². The second-order valence-electron chi connectivity index (χ2n) is 7.67. The van der Waals surface area contributed by atoms with E-state index in [4.69, 9.17) is 4.98 Å². The van der Waals surface area contributed by atoms with Crippen LogP contribution in [0.1, 0.15) is 39.3 Å². The van der Waals surface area contributed by atoms with Gasteiger partial charge in [-0.25, -0.2) is 9.97 Å². The number of rotatable bonds is 6. The molecule has 142 valence electrons. The molecule has 0 saturated carbocycles. The Balaban J connectivity index is 1.75. The number of anilines is 1. The van der Waals surface area contributed by atoms with E-state index in [9.17, 15) is 0 Å². The Bertz CT molecular complexity index is 708. The Labute approximate surface area is 157 Å². The van der Waals surface area contributed by atoms with Gasteiger partial charge in [-0.2, -0.15) is 5.10 Å². The number of aromatic nitrogens is 4. The van der Waals surface area contributed by atoms with Crippen molar-refractivity contribution in [3.8, 4) is 11.3 Å². The fourth-order valence-electron chi connectivity index (χ4n) is 3.63. The van der Waals surface area contributed by atoms with E-state index in [1.165, 1.54) is 6.54 Å². The van der Waals surface area contributed by atoms with Crippen molar-refractivity contribution in [2.45, 2.75) is 47.1 Å². The average molecular weight is 357 g/mol. The predicted molar refractivity (Wildman–Crippen MR) is 106 cm³/mol. The van der Waals surface area contributed by atoms with Crippen LogP contribution in [0, 0.1) is 12.8 Å². The molecule has 0 aliphatic carbocycles. The first-order valence-electron chi connectivity index (χ1n) is 9.91. The molecule has 3 heterocycles. The molecule has 0 bridgehead atoms. The van der Waals surface area contributed by atoms with Gasteiger partial charge in [0.25, 0.3) is 0 Å². The third kappa shape index (κ3) is 4.61. The zero-order valence-electron chi connectivity index (χ0n) is 16.6. The molecule has 6 nitrogen and oxygen atoms in total. The zero-order valence-corrected chi connectivity index (χ0v) is 16.6. The van der Waals surface area contributed by atoms with Gasteiger partial charge >= 0.3 is 0 Å². The smallest absolute Gasteiger partial charge is 0.225 e. The first-order valence-corrected chi connectivity index (χ1v) is 9.91. The molecule has 1 fully saturated rings. The van der Waals surface area contributed by atoms with Gasteiger partial charge in [-0.05, 0) is 38.3 Å². The quantitative estimate of drug-likeness (QED) is 0.795. The average Bonchev–Trinajstić information content (AvgIpc) is 2.82. The van der Waals surface area contributed by atoms with Crippen molar-refractivity contribution in [2.24, 2.45) is 5.92 Å². The first kappa shape index (κ1) is 18.8. The van der Waals surface area contributed by atoms with Crippen molar-refractivity contribution >= 4 is 5.95 Å². The summed E-state index contributed by atoms with van der Waals surface area (Å²) in [5.74, 6) is 1.56. The predicted octanol–water partition coefficient (Wildman–Crippen LogP) is 3.23. The minimum Gasteiger partial charge on any atom is -0.339 e. The lowest BCUT2D eigenvalue weighted by Crippen LogP contribution is -2.33. The summed E-state index contributed by atoms with van der Waals surface area (Å²) in [7, 11) is 0. The van der Waals surface area contributed by atoms with Gasteiger partial charge in [-0.1, -0.05) is 20.8 Å². The standard InChI is InChI=1S/C20H32N6/c1-5-9-26-15-18(17(4)23-26)19-7-8-21-20(22-19)25-11-6-10-24(12-13-25)14-16(2)3/h7-8,15-16H,5-6,9-14H2,1-4H3. The Morgan fingerprint density at radius 1 is 1.15 bits per heavy atom. The summed E-state index contributed by atoms with van der Waals surface area (Å²) in [5, 5.41) is 4.61. The molecular weight excluding hydrogens is 324 g/mol. The van der Waals surface area contributed by atoms with Crippen LogP contribution in [0.25, 0.3) is 11.3 Å². The number of aryl methyl sites for hydroxylation is 2. The summed E-state index contributed by atoms with van der Waals surface area (Å²) in [6.07, 6.45) is 6.23. The van der Waals surface area contributed by atoms with Crippen LogP contribution in [-0.4, -0.2) is 57.4 Å². The molecule has 1 aliphatic rings. The van der Waals surface area contributed by atoms with Crippen molar-refractivity contribution in [1.82, 2.24) is 24.6 Å². The van der Waals surface area contributed by atoms with Gasteiger partial charge in [0.1, 0.15) is 0 Å². The lowest BCUT2D eigenvalue weighted by atomic mass is 10.2. The minimum atomic E-state index is 0.712. The van der Waals surface area contributed by atoms with Crippen molar-refractivity contribution in [1.29, 1.82) is 0 Å². The Hall–Kier alpha value is -1.95. The molecule has 0 aromatic carbocycles. The van der Waals surface area contributed by atoms with Crippen molar-refractivity contribution < 1.29 is 0 Å². The number of hydrogen-bond acceptors (Lipinski definition) is 5. The second-order valence-corrected chi connectivity index (χ2v) is 7.67. The molecule has 0 amide bonds. The minimum absolute atomic E-state index is 0.712. The third-order valence-corrected chi connectivity index (χ3v) is 4.81. The van der Waals surface area contributed by atoms with E-state index in [1.807, 2.05) is 16.9 Å². The molecule has 1 aliphatic heterocycles. The topological polar surface area (TPSA) is 50.1 Å². The van der Waals surface area contributed by atoms with Crippen LogP contribution < -0.4 is 4.90 Å². The van der Waals surface area contributed by atoms with E-state index in [0.717, 1.165) is 68.5 Å². The fourth-order valence-corrected chi connectivity index (χ4v) is 3.63. The zero-order chi connectivity index (χ0) is 18.5. The monoisotopic (exact) mass is 356 g/mol. The summed E-state index contributed by atoms with van der Waals surface area (Å²) in [4.78, 5) is 14.3. The summed E-state index contributed by atoms with van der Waals surface area (Å²) in [6.45, 7) is 15.2. The van der Waals surface area contributed by atoms with E-state index >= 15 is 0 Å². The van der Waals surface area contributed by atoms with Gasteiger partial charge in [0.15, 0.2) is 0 Å². The molecule has 3 rings (SSSR count). The van der Waals surface area contributed by atoms with Crippen LogP contribution >= 0.6 is 0 Å². The maximum Gasteiger partial charge on any atom is 0.225 e. The van der Waals surface area contributed by atoms with E-state index in [-0.39, 0.29) is 0 Å². The molecule has 0 unspecified atom stereocenters. The van der Waals surface area contributed by atoms with Crippen LogP contribution in [-0.2, 0) is 6.54 Å². The molecule has 26 heavy (non-hydrogen) atoms. The van der Waals surface area contributed by atoms with Crippen LogP contribution in [0.4, 0.5) is 5.95 Å². The van der Waals surface area contributed by atoms with Gasteiger partial charge in [0, 0.05) is 50.7 Å². The van der Waals surface area contributed by atoms with Crippen molar-refractivity contribution in [3.63, 3.8) is 0 Å². The maximum absolute atomic E-state index is 4.87. The normalized spacial score (nSPS) is 16.3. The fraction of sp³-hybridized carbons (Fsp3) is 0.650. The lowest BCUT2D eigenvalue weighted by molar-refractivity contribution is 0.261. The molecular formula is C20H32N6. The Morgan fingerprint density at radius 3 is 2.77 bits per heavy atom. The van der Waals surface area contributed by atoms with E-state index in [1.54, 1.807) is 0 Å². The SMILES string of the molecule is CCCn1cc(-c2ccnc(N3CCCN(CC(C)C)CC3)n2)c(C)n1. The van der Waals surface area contributed by atoms with Crippen molar-refractivity contribution in [2.75, 3.05) is 37.6 Å². The van der Waals surface area contributed by atoms with Gasteiger partial charge in [0.2, 0.25) is 5.95 Å². The van der Waals surface area contributed by atoms with E-state index in [0.29, 0.717) is 5.92 Å². The van der Waals surface area contributed by atoms with Crippen LogP contribution in [0.3, 0.4) is 0 Å². The van der Waals surface area contributed by atoms with Crippen LogP contribution in [0.15, 0.2) is 18.5 Å². The molecule has 0 spiro atoms. The first-order chi connectivity index (χ1) is 12.6. The molecule has 1 saturated heterocycles. The molecule has 2 aromatic rings. The summed E-state index contributed by atoms with van der Waals surface area (Å²) >= 11 is 0. The summed E-state index contributed by atoms with van der Waals surface area (Å²) < 4.78 is 2.02. The second kappa shape index (κ2) is 8.62. The third-order valence-electron chi connectivity index (χ3n) is 4.81. The molecule has 6 heteroatoms. The van der Waals surface area contributed by atoms with Gasteiger partial charge in [-0.3, -0.25) is 4.68 Å².